The molecule has 94 valence electrons. The van der Waals surface area contributed by atoms with Crippen molar-refractivity contribution in [3.63, 3.8) is 0 Å². The van der Waals surface area contributed by atoms with E-state index < -0.39 is 6.04 Å². The number of hydrogen-bond acceptors (Lipinski definition) is 5. The maximum atomic E-state index is 11.5. The minimum absolute atomic E-state index is 0.158. The Morgan fingerprint density at radius 3 is 2.69 bits per heavy atom. The second-order valence-electron chi connectivity index (χ2n) is 3.13. The van der Waals surface area contributed by atoms with Crippen molar-refractivity contribution in [1.82, 2.24) is 5.32 Å². The zero-order valence-electron chi connectivity index (χ0n) is 9.69. The first kappa shape index (κ1) is 15.6. The van der Waals surface area contributed by atoms with Crippen molar-refractivity contribution >= 4 is 36.3 Å². The summed E-state index contributed by atoms with van der Waals surface area (Å²) in [5.74, 6) is 0.771. The summed E-state index contributed by atoms with van der Waals surface area (Å²) in [6.07, 6.45) is 2.87. The van der Waals surface area contributed by atoms with Gasteiger partial charge in [0.05, 0.1) is 6.61 Å². The fourth-order valence-corrected chi connectivity index (χ4v) is 1.77. The zero-order valence-corrected chi connectivity index (χ0v) is 11.4. The van der Waals surface area contributed by atoms with Crippen LogP contribution >= 0.6 is 24.4 Å². The van der Waals surface area contributed by atoms with Crippen molar-refractivity contribution < 1.29 is 14.3 Å². The molecule has 0 saturated heterocycles. The highest BCUT2D eigenvalue weighted by atomic mass is 32.2. The summed E-state index contributed by atoms with van der Waals surface area (Å²) in [4.78, 5) is 22.9. The third-order valence-electron chi connectivity index (χ3n) is 1.86. The summed E-state index contributed by atoms with van der Waals surface area (Å²) in [5, 5.41) is 2.66. The molecule has 4 nitrogen and oxygen atoms in total. The van der Waals surface area contributed by atoms with Gasteiger partial charge in [-0.15, -0.1) is 0 Å². The van der Waals surface area contributed by atoms with Crippen LogP contribution in [-0.4, -0.2) is 42.3 Å². The maximum absolute atomic E-state index is 11.5. The van der Waals surface area contributed by atoms with Crippen molar-refractivity contribution in [3.05, 3.63) is 0 Å². The first-order valence-electron chi connectivity index (χ1n) is 5.21. The summed E-state index contributed by atoms with van der Waals surface area (Å²) < 4.78 is 4.90. The normalized spacial score (nSPS) is 11.9. The van der Waals surface area contributed by atoms with Crippen molar-refractivity contribution in [1.29, 1.82) is 0 Å². The average Bonchev–Trinajstić information content (AvgIpc) is 2.24. The molecule has 0 fully saturated rings. The minimum atomic E-state index is -0.528. The van der Waals surface area contributed by atoms with Crippen molar-refractivity contribution in [2.75, 3.05) is 24.4 Å². The van der Waals surface area contributed by atoms with E-state index in [0.717, 1.165) is 5.75 Å². The molecule has 0 aliphatic carbocycles. The summed E-state index contributed by atoms with van der Waals surface area (Å²) in [6.45, 7) is 2.08. The third-order valence-corrected chi connectivity index (χ3v) is 2.72. The smallest absolute Gasteiger partial charge is 0.328 e. The molecular weight excluding hydrogens is 246 g/mol. The second kappa shape index (κ2) is 9.84. The molecule has 1 amide bonds. The molecular formula is C10H19NO3S2. The van der Waals surface area contributed by atoms with Crippen molar-refractivity contribution in [2.24, 2.45) is 0 Å². The van der Waals surface area contributed by atoms with Gasteiger partial charge >= 0.3 is 5.97 Å². The standard InChI is InChI=1S/C10H19NO3S2/c1-3-14-10(13)8(5-7-16-2)11-9(12)4-6-15/h8,15H,3-7H2,1-2H3,(H,11,12)/t8-/m0/s1. The van der Waals surface area contributed by atoms with E-state index in [2.05, 4.69) is 17.9 Å². The molecule has 1 atom stereocenters. The number of carbonyl (C=O) groups excluding carboxylic acids is 2. The van der Waals surface area contributed by atoms with Crippen LogP contribution in [0.25, 0.3) is 0 Å². The first-order chi connectivity index (χ1) is 7.65. The van der Waals surface area contributed by atoms with E-state index in [1.165, 1.54) is 0 Å². The Labute approximate surface area is 106 Å². The first-order valence-corrected chi connectivity index (χ1v) is 7.24. The van der Waals surface area contributed by atoms with Crippen LogP contribution in [-0.2, 0) is 14.3 Å². The highest BCUT2D eigenvalue weighted by Gasteiger charge is 2.20. The molecule has 0 aromatic rings. The number of esters is 1. The van der Waals surface area contributed by atoms with Gasteiger partial charge in [0, 0.05) is 6.42 Å². The third kappa shape index (κ3) is 7.00. The molecule has 0 aromatic heterocycles. The summed E-state index contributed by atoms with van der Waals surface area (Å²) in [5.41, 5.74) is 0. The molecule has 0 spiro atoms. The lowest BCUT2D eigenvalue weighted by Gasteiger charge is -2.16. The van der Waals surface area contributed by atoms with Crippen LogP contribution in [0.5, 0.6) is 0 Å². The Morgan fingerprint density at radius 2 is 2.19 bits per heavy atom. The zero-order chi connectivity index (χ0) is 12.4. The highest BCUT2D eigenvalue weighted by Crippen LogP contribution is 2.03. The molecule has 1 N–H and O–H groups in total. The largest absolute Gasteiger partial charge is 0.464 e. The molecule has 0 saturated carbocycles. The SMILES string of the molecule is CCOC(=O)[C@H](CCSC)NC(=O)CCS. The van der Waals surface area contributed by atoms with E-state index in [1.54, 1.807) is 18.7 Å². The molecule has 0 aliphatic heterocycles. The Morgan fingerprint density at radius 1 is 1.50 bits per heavy atom. The molecule has 16 heavy (non-hydrogen) atoms. The predicted octanol–water partition coefficient (Wildman–Crippen LogP) is 1.11. The number of thiol groups is 1. The fraction of sp³-hybridized carbons (Fsp3) is 0.800. The quantitative estimate of drug-likeness (QED) is 0.510. The highest BCUT2D eigenvalue weighted by molar-refractivity contribution is 7.98. The van der Waals surface area contributed by atoms with Gasteiger partial charge in [-0.05, 0) is 31.1 Å². The van der Waals surface area contributed by atoms with E-state index in [4.69, 9.17) is 4.74 Å². The van der Waals surface area contributed by atoms with Crippen LogP contribution < -0.4 is 5.32 Å². The van der Waals surface area contributed by atoms with Crippen molar-refractivity contribution in [3.8, 4) is 0 Å². The van der Waals surface area contributed by atoms with Crippen LogP contribution in [0.1, 0.15) is 19.8 Å². The predicted molar refractivity (Wildman–Crippen MR) is 70.0 cm³/mol. The van der Waals surface area contributed by atoms with E-state index in [-0.39, 0.29) is 11.9 Å². The van der Waals surface area contributed by atoms with E-state index in [1.807, 2.05) is 6.26 Å². The Balaban J connectivity index is 4.18. The number of rotatable bonds is 8. The Bertz CT molecular complexity index is 224. The van der Waals surface area contributed by atoms with Crippen LogP contribution in [0, 0.1) is 0 Å². The van der Waals surface area contributed by atoms with Gasteiger partial charge < -0.3 is 10.1 Å². The maximum Gasteiger partial charge on any atom is 0.328 e. The number of hydrogen-bond donors (Lipinski definition) is 2. The number of nitrogens with one attached hydrogen (secondary N) is 1. The average molecular weight is 265 g/mol. The molecule has 0 aliphatic rings. The topological polar surface area (TPSA) is 55.4 Å². The molecule has 6 heteroatoms. The fourth-order valence-electron chi connectivity index (χ4n) is 1.10. The van der Waals surface area contributed by atoms with Gasteiger partial charge in [0.15, 0.2) is 0 Å². The molecule has 0 aromatic carbocycles. The van der Waals surface area contributed by atoms with E-state index >= 15 is 0 Å². The molecule has 0 rings (SSSR count). The molecule has 0 unspecified atom stereocenters. The van der Waals surface area contributed by atoms with Crippen LogP contribution in [0.4, 0.5) is 0 Å². The number of thioether (sulfide) groups is 1. The Hall–Kier alpha value is -0.360. The summed E-state index contributed by atoms with van der Waals surface area (Å²) in [6, 6.07) is -0.528. The Kier molecular flexibility index (Phi) is 9.62. The lowest BCUT2D eigenvalue weighted by Crippen LogP contribution is -2.42. The molecule has 0 radical (unpaired) electrons. The van der Waals surface area contributed by atoms with Crippen LogP contribution in [0.3, 0.4) is 0 Å². The van der Waals surface area contributed by atoms with E-state index in [9.17, 15) is 9.59 Å². The van der Waals surface area contributed by atoms with Gasteiger partial charge in [0.2, 0.25) is 5.91 Å². The number of ether oxygens (including phenoxy) is 1. The number of carbonyl (C=O) groups is 2. The lowest BCUT2D eigenvalue weighted by molar-refractivity contribution is -0.147. The lowest BCUT2D eigenvalue weighted by atomic mass is 10.2. The van der Waals surface area contributed by atoms with Crippen LogP contribution in [0.15, 0.2) is 0 Å². The van der Waals surface area contributed by atoms with Crippen LogP contribution in [0.2, 0.25) is 0 Å². The minimum Gasteiger partial charge on any atom is -0.464 e. The van der Waals surface area contributed by atoms with Crippen molar-refractivity contribution in [2.45, 2.75) is 25.8 Å². The monoisotopic (exact) mass is 265 g/mol. The summed E-state index contributed by atoms with van der Waals surface area (Å²) >= 11 is 5.60. The van der Waals surface area contributed by atoms with Gasteiger partial charge in [-0.3, -0.25) is 4.79 Å². The molecule has 0 bridgehead atoms. The van der Waals surface area contributed by atoms with Gasteiger partial charge in [0.25, 0.3) is 0 Å². The van der Waals surface area contributed by atoms with Gasteiger partial charge in [-0.25, -0.2) is 4.79 Å². The number of amides is 1. The van der Waals surface area contributed by atoms with E-state index in [0.29, 0.717) is 25.2 Å². The molecule has 0 heterocycles. The van der Waals surface area contributed by atoms with Gasteiger partial charge in [-0.1, -0.05) is 0 Å². The second-order valence-corrected chi connectivity index (χ2v) is 4.56. The van der Waals surface area contributed by atoms with Gasteiger partial charge in [-0.2, -0.15) is 24.4 Å². The summed E-state index contributed by atoms with van der Waals surface area (Å²) in [7, 11) is 0. The van der Waals surface area contributed by atoms with Gasteiger partial charge in [0.1, 0.15) is 6.04 Å².